The summed E-state index contributed by atoms with van der Waals surface area (Å²) in [5.74, 6) is 1.23. The van der Waals surface area contributed by atoms with Crippen LogP contribution in [0.1, 0.15) is 51.0 Å². The average molecular weight is 281 g/mol. The maximum absolute atomic E-state index is 14.0. The van der Waals surface area contributed by atoms with Gasteiger partial charge in [0.15, 0.2) is 17.5 Å². The molecular formula is C15H24FN3O. The minimum Gasteiger partial charge on any atom is -0.370 e. The molecule has 0 spiro atoms. The van der Waals surface area contributed by atoms with E-state index in [1.54, 1.807) is 14.0 Å². The first kappa shape index (κ1) is 15.2. The number of nitrogens with one attached hydrogen (secondary N) is 1. The van der Waals surface area contributed by atoms with Crippen molar-refractivity contribution < 1.29 is 9.13 Å². The lowest BCUT2D eigenvalue weighted by Crippen LogP contribution is -2.35. The Morgan fingerprint density at radius 1 is 1.35 bits per heavy atom. The van der Waals surface area contributed by atoms with Crippen LogP contribution in [0.3, 0.4) is 0 Å². The zero-order valence-corrected chi connectivity index (χ0v) is 12.8. The minimum absolute atomic E-state index is 0.282. The Labute approximate surface area is 120 Å². The summed E-state index contributed by atoms with van der Waals surface area (Å²) in [5, 5.41) is 2.96. The molecule has 4 nitrogen and oxygen atoms in total. The molecule has 0 radical (unpaired) electrons. The molecule has 0 saturated heterocycles. The Morgan fingerprint density at radius 2 is 2.00 bits per heavy atom. The molecule has 20 heavy (non-hydrogen) atoms. The zero-order valence-electron chi connectivity index (χ0n) is 12.8. The smallest absolute Gasteiger partial charge is 0.186 e. The molecular weight excluding hydrogens is 257 g/mol. The van der Waals surface area contributed by atoms with E-state index in [1.165, 1.54) is 0 Å². The molecule has 0 amide bonds. The van der Waals surface area contributed by atoms with Crippen LogP contribution in [0.2, 0.25) is 0 Å². The topological polar surface area (TPSA) is 47.0 Å². The van der Waals surface area contributed by atoms with Gasteiger partial charge >= 0.3 is 0 Å². The van der Waals surface area contributed by atoms with Crippen molar-refractivity contribution in [2.45, 2.75) is 52.1 Å². The van der Waals surface area contributed by atoms with Crippen LogP contribution in [0, 0.1) is 18.7 Å². The molecule has 112 valence electrons. The van der Waals surface area contributed by atoms with Crippen molar-refractivity contribution in [1.82, 2.24) is 9.97 Å². The Balaban J connectivity index is 2.39. The number of nitrogens with zero attached hydrogens (tertiary/aromatic N) is 2. The molecule has 0 aromatic carbocycles. The first-order valence-electron chi connectivity index (χ1n) is 7.36. The Kier molecular flexibility index (Phi) is 4.58. The quantitative estimate of drug-likeness (QED) is 0.918. The molecule has 1 heterocycles. The number of methoxy groups -OCH3 is 1. The highest BCUT2D eigenvalue weighted by atomic mass is 19.1. The van der Waals surface area contributed by atoms with Gasteiger partial charge in [-0.05, 0) is 45.4 Å². The van der Waals surface area contributed by atoms with Crippen molar-refractivity contribution in [2.24, 2.45) is 5.92 Å². The van der Waals surface area contributed by atoms with E-state index in [0.29, 0.717) is 24.0 Å². The van der Waals surface area contributed by atoms with Gasteiger partial charge < -0.3 is 10.1 Å². The number of hydrogen-bond donors (Lipinski definition) is 1. The summed E-state index contributed by atoms with van der Waals surface area (Å²) in [5.41, 5.74) is -0.0872. The maximum Gasteiger partial charge on any atom is 0.186 e. The molecule has 1 N–H and O–H groups in total. The first-order valence-corrected chi connectivity index (χ1v) is 7.36. The van der Waals surface area contributed by atoms with Crippen LogP contribution >= 0.6 is 0 Å². The highest BCUT2D eigenvalue weighted by molar-refractivity contribution is 5.38. The number of rotatable bonds is 4. The minimum atomic E-state index is -0.463. The lowest BCUT2D eigenvalue weighted by molar-refractivity contribution is -0.0598. The van der Waals surface area contributed by atoms with E-state index in [4.69, 9.17) is 4.74 Å². The Morgan fingerprint density at radius 3 is 2.55 bits per heavy atom. The largest absolute Gasteiger partial charge is 0.370 e. The molecule has 0 bridgehead atoms. The normalized spacial score (nSPS) is 26.6. The Hall–Kier alpha value is -1.23. The fraction of sp³-hybridized carbons (Fsp3) is 0.733. The second kappa shape index (κ2) is 6.04. The maximum atomic E-state index is 14.0. The first-order chi connectivity index (χ1) is 9.52. The number of anilines is 1. The molecule has 0 unspecified atom stereocenters. The number of aryl methyl sites for hydroxylation is 1. The number of halogens is 1. The van der Waals surface area contributed by atoms with E-state index in [-0.39, 0.29) is 11.6 Å². The molecule has 0 atom stereocenters. The fourth-order valence-electron chi connectivity index (χ4n) is 2.80. The molecule has 1 fully saturated rings. The molecule has 1 aromatic rings. The van der Waals surface area contributed by atoms with Gasteiger partial charge in [-0.15, -0.1) is 0 Å². The lowest BCUT2D eigenvalue weighted by Gasteiger charge is -2.37. The van der Waals surface area contributed by atoms with Crippen molar-refractivity contribution in [2.75, 3.05) is 19.0 Å². The van der Waals surface area contributed by atoms with E-state index in [1.807, 2.05) is 6.92 Å². The van der Waals surface area contributed by atoms with Gasteiger partial charge in [-0.25, -0.2) is 14.4 Å². The van der Waals surface area contributed by atoms with Crippen LogP contribution in [0.15, 0.2) is 0 Å². The number of hydrogen-bond acceptors (Lipinski definition) is 4. The van der Waals surface area contributed by atoms with Gasteiger partial charge in [0.05, 0.1) is 5.69 Å². The molecule has 1 aromatic heterocycles. The zero-order chi connectivity index (χ0) is 14.8. The second-order valence-electron chi connectivity index (χ2n) is 5.71. The van der Waals surface area contributed by atoms with Crippen molar-refractivity contribution >= 4 is 5.82 Å². The molecule has 0 aliphatic heterocycles. The number of aromatic nitrogens is 2. The van der Waals surface area contributed by atoms with Crippen molar-refractivity contribution in [3.63, 3.8) is 0 Å². The van der Waals surface area contributed by atoms with Crippen LogP contribution < -0.4 is 5.32 Å². The van der Waals surface area contributed by atoms with E-state index >= 15 is 0 Å². The molecule has 2 rings (SSSR count). The summed E-state index contributed by atoms with van der Waals surface area (Å²) in [4.78, 5) is 8.75. The third-order valence-corrected chi connectivity index (χ3v) is 4.24. The van der Waals surface area contributed by atoms with Gasteiger partial charge in [0.25, 0.3) is 0 Å². The third kappa shape index (κ3) is 2.77. The van der Waals surface area contributed by atoms with Crippen LogP contribution in [0.5, 0.6) is 0 Å². The molecule has 1 aliphatic carbocycles. The van der Waals surface area contributed by atoms with E-state index in [2.05, 4.69) is 22.2 Å². The van der Waals surface area contributed by atoms with Crippen LogP contribution in [0.4, 0.5) is 10.2 Å². The third-order valence-electron chi connectivity index (χ3n) is 4.24. The van der Waals surface area contributed by atoms with Gasteiger partial charge in [-0.1, -0.05) is 6.92 Å². The highest BCUT2D eigenvalue weighted by Crippen LogP contribution is 2.41. The second-order valence-corrected chi connectivity index (χ2v) is 5.71. The summed E-state index contributed by atoms with van der Waals surface area (Å²) >= 11 is 0. The highest BCUT2D eigenvalue weighted by Gasteiger charge is 2.39. The summed E-state index contributed by atoms with van der Waals surface area (Å²) in [7, 11) is 1.70. The fourth-order valence-corrected chi connectivity index (χ4v) is 2.80. The summed E-state index contributed by atoms with van der Waals surface area (Å²) < 4.78 is 19.8. The monoisotopic (exact) mass is 281 g/mol. The van der Waals surface area contributed by atoms with E-state index in [0.717, 1.165) is 25.7 Å². The van der Waals surface area contributed by atoms with Gasteiger partial charge in [-0.2, -0.15) is 0 Å². The average Bonchev–Trinajstić information content (AvgIpc) is 2.45. The van der Waals surface area contributed by atoms with Crippen molar-refractivity contribution in [1.29, 1.82) is 0 Å². The van der Waals surface area contributed by atoms with Crippen molar-refractivity contribution in [3.05, 3.63) is 17.3 Å². The summed E-state index contributed by atoms with van der Waals surface area (Å²) in [6.45, 7) is 6.48. The Bertz CT molecular complexity index is 470. The SMILES string of the molecule is CCNc1nc(C2(OC)CCC(C)CC2)nc(C)c1F. The molecule has 1 aliphatic rings. The predicted molar refractivity (Wildman–Crippen MR) is 77.2 cm³/mol. The van der Waals surface area contributed by atoms with E-state index in [9.17, 15) is 4.39 Å². The van der Waals surface area contributed by atoms with Gasteiger partial charge in [0, 0.05) is 13.7 Å². The van der Waals surface area contributed by atoms with Crippen LogP contribution in [-0.4, -0.2) is 23.6 Å². The summed E-state index contributed by atoms with van der Waals surface area (Å²) in [6, 6.07) is 0. The lowest BCUT2D eigenvalue weighted by atomic mass is 9.79. The van der Waals surface area contributed by atoms with Crippen LogP contribution in [0.25, 0.3) is 0 Å². The number of ether oxygens (including phenoxy) is 1. The van der Waals surface area contributed by atoms with Gasteiger partial charge in [0.2, 0.25) is 0 Å². The van der Waals surface area contributed by atoms with Gasteiger partial charge in [-0.3, -0.25) is 0 Å². The molecule has 1 saturated carbocycles. The molecule has 5 heteroatoms. The summed E-state index contributed by atoms with van der Waals surface area (Å²) in [6.07, 6.45) is 3.96. The van der Waals surface area contributed by atoms with E-state index < -0.39 is 5.60 Å². The predicted octanol–water partition coefficient (Wildman–Crippen LogP) is 3.41. The van der Waals surface area contributed by atoms with Crippen LogP contribution in [-0.2, 0) is 10.3 Å². The van der Waals surface area contributed by atoms with Gasteiger partial charge in [0.1, 0.15) is 5.60 Å². The standard InChI is InChI=1S/C15H24FN3O/c1-5-17-13-12(16)11(3)18-14(19-13)15(20-4)8-6-10(2)7-9-15/h10H,5-9H2,1-4H3,(H,17,18,19). The van der Waals surface area contributed by atoms with Crippen molar-refractivity contribution in [3.8, 4) is 0 Å².